The molecule has 0 aromatic carbocycles. The standard InChI is InChI=1S/C20H31N5O2/c1-3-16-14-25-18(21)6-5-17(19(25)23-16)20(26)22-13-15-7-10-24(11-8-15)9-4-12-27-2/h5-6,14-15H,3-4,7-13,21H2,1-2H3,(H,22,26). The van der Waals surface area contributed by atoms with Gasteiger partial charge in [0.2, 0.25) is 0 Å². The molecular weight excluding hydrogens is 342 g/mol. The summed E-state index contributed by atoms with van der Waals surface area (Å²) in [4.78, 5) is 19.8. The number of imidazole rings is 1. The number of carbonyl (C=O) groups is 1. The molecule has 1 amide bonds. The first-order chi connectivity index (χ1) is 13.1. The molecule has 0 aliphatic carbocycles. The molecule has 27 heavy (non-hydrogen) atoms. The molecule has 2 aromatic rings. The van der Waals surface area contributed by atoms with E-state index in [2.05, 4.69) is 15.2 Å². The zero-order valence-corrected chi connectivity index (χ0v) is 16.4. The highest BCUT2D eigenvalue weighted by atomic mass is 16.5. The summed E-state index contributed by atoms with van der Waals surface area (Å²) in [6.45, 7) is 6.85. The van der Waals surface area contributed by atoms with Crippen molar-refractivity contribution < 1.29 is 9.53 Å². The maximum absolute atomic E-state index is 12.7. The van der Waals surface area contributed by atoms with Crippen molar-refractivity contribution in [3.8, 4) is 0 Å². The van der Waals surface area contributed by atoms with E-state index in [0.717, 1.165) is 57.6 Å². The van der Waals surface area contributed by atoms with Crippen molar-refractivity contribution in [2.75, 3.05) is 45.6 Å². The fraction of sp³-hybridized carbons (Fsp3) is 0.600. The SMILES string of the molecule is CCc1cn2c(N)ccc(C(=O)NCC3CCN(CCCOC)CC3)c2n1. The highest BCUT2D eigenvalue weighted by molar-refractivity contribution is 6.00. The molecule has 0 atom stereocenters. The number of nitrogen functional groups attached to an aromatic ring is 1. The molecule has 1 fully saturated rings. The van der Waals surface area contributed by atoms with Crippen LogP contribution in [0, 0.1) is 5.92 Å². The van der Waals surface area contributed by atoms with Gasteiger partial charge < -0.3 is 20.7 Å². The van der Waals surface area contributed by atoms with Crippen LogP contribution in [0.2, 0.25) is 0 Å². The molecule has 0 radical (unpaired) electrons. The van der Waals surface area contributed by atoms with Crippen LogP contribution in [0.1, 0.15) is 42.2 Å². The predicted molar refractivity (Wildman–Crippen MR) is 107 cm³/mol. The van der Waals surface area contributed by atoms with Gasteiger partial charge in [0.05, 0.1) is 11.3 Å². The molecule has 3 heterocycles. The molecular formula is C20H31N5O2. The normalized spacial score (nSPS) is 16.1. The number of aromatic nitrogens is 2. The number of ether oxygens (including phenoxy) is 1. The summed E-state index contributed by atoms with van der Waals surface area (Å²) in [5, 5.41) is 3.10. The van der Waals surface area contributed by atoms with Crippen molar-refractivity contribution in [1.29, 1.82) is 0 Å². The maximum atomic E-state index is 12.7. The number of fused-ring (bicyclic) bond motifs is 1. The second kappa shape index (κ2) is 9.19. The number of nitrogens with two attached hydrogens (primary N) is 1. The number of hydrogen-bond donors (Lipinski definition) is 2. The molecule has 0 saturated carbocycles. The second-order valence-electron chi connectivity index (χ2n) is 7.29. The Hall–Kier alpha value is -2.12. The molecule has 0 unspecified atom stereocenters. The van der Waals surface area contributed by atoms with Gasteiger partial charge in [0.25, 0.3) is 5.91 Å². The molecule has 7 nitrogen and oxygen atoms in total. The first kappa shape index (κ1) is 19.6. The Bertz CT molecular complexity index is 765. The minimum atomic E-state index is -0.0734. The number of nitrogens with one attached hydrogen (secondary N) is 1. The number of pyridine rings is 1. The first-order valence-corrected chi connectivity index (χ1v) is 9.88. The number of rotatable bonds is 8. The van der Waals surface area contributed by atoms with Gasteiger partial charge in [-0.25, -0.2) is 4.98 Å². The van der Waals surface area contributed by atoms with Crippen LogP contribution in [0.5, 0.6) is 0 Å². The van der Waals surface area contributed by atoms with Gasteiger partial charge in [-0.05, 0) is 56.8 Å². The Balaban J connectivity index is 1.54. The van der Waals surface area contributed by atoms with Gasteiger partial charge in [-0.15, -0.1) is 0 Å². The van der Waals surface area contributed by atoms with Crippen molar-refractivity contribution in [2.45, 2.75) is 32.6 Å². The Kier molecular flexibility index (Phi) is 6.68. The summed E-state index contributed by atoms with van der Waals surface area (Å²) in [5.41, 5.74) is 8.17. The average Bonchev–Trinajstić information content (AvgIpc) is 3.13. The molecule has 1 saturated heterocycles. The van der Waals surface area contributed by atoms with Crippen molar-refractivity contribution in [2.24, 2.45) is 5.92 Å². The van der Waals surface area contributed by atoms with E-state index < -0.39 is 0 Å². The number of piperidine rings is 1. The number of nitrogens with zero attached hydrogens (tertiary/aromatic N) is 3. The monoisotopic (exact) mass is 373 g/mol. The summed E-state index contributed by atoms with van der Waals surface area (Å²) in [5.74, 6) is 1.05. The van der Waals surface area contributed by atoms with E-state index in [4.69, 9.17) is 10.5 Å². The maximum Gasteiger partial charge on any atom is 0.255 e. The van der Waals surface area contributed by atoms with Gasteiger partial charge >= 0.3 is 0 Å². The first-order valence-electron chi connectivity index (χ1n) is 9.88. The summed E-state index contributed by atoms with van der Waals surface area (Å²) >= 11 is 0. The van der Waals surface area contributed by atoms with E-state index in [1.807, 2.05) is 13.1 Å². The van der Waals surface area contributed by atoms with Gasteiger partial charge in [-0.1, -0.05) is 6.92 Å². The number of aryl methyl sites for hydroxylation is 1. The van der Waals surface area contributed by atoms with Crippen molar-refractivity contribution in [3.05, 3.63) is 29.6 Å². The van der Waals surface area contributed by atoms with Crippen LogP contribution in [0.25, 0.3) is 5.65 Å². The molecule has 0 bridgehead atoms. The molecule has 3 N–H and O–H groups in total. The van der Waals surface area contributed by atoms with Gasteiger partial charge in [0.15, 0.2) is 5.65 Å². The third kappa shape index (κ3) is 4.78. The van der Waals surface area contributed by atoms with Crippen LogP contribution < -0.4 is 11.1 Å². The van der Waals surface area contributed by atoms with E-state index in [-0.39, 0.29) is 5.91 Å². The Morgan fingerprint density at radius 3 is 2.85 bits per heavy atom. The minimum Gasteiger partial charge on any atom is -0.385 e. The number of hydrogen-bond acceptors (Lipinski definition) is 5. The van der Waals surface area contributed by atoms with Crippen LogP contribution in [0.3, 0.4) is 0 Å². The zero-order chi connectivity index (χ0) is 19.2. The molecule has 1 aliphatic heterocycles. The lowest BCUT2D eigenvalue weighted by molar-refractivity contribution is 0.0934. The Morgan fingerprint density at radius 1 is 1.37 bits per heavy atom. The van der Waals surface area contributed by atoms with E-state index in [1.165, 1.54) is 0 Å². The largest absolute Gasteiger partial charge is 0.385 e. The number of methoxy groups -OCH3 is 1. The molecule has 3 rings (SSSR count). The van der Waals surface area contributed by atoms with Crippen LogP contribution in [-0.2, 0) is 11.2 Å². The summed E-state index contributed by atoms with van der Waals surface area (Å²) in [7, 11) is 1.75. The van der Waals surface area contributed by atoms with E-state index >= 15 is 0 Å². The quantitative estimate of drug-likeness (QED) is 0.691. The molecule has 1 aliphatic rings. The van der Waals surface area contributed by atoms with Crippen molar-refractivity contribution in [3.63, 3.8) is 0 Å². The number of carbonyl (C=O) groups excluding carboxylic acids is 1. The summed E-state index contributed by atoms with van der Waals surface area (Å²) in [6, 6.07) is 3.53. The lowest BCUT2D eigenvalue weighted by atomic mass is 9.96. The fourth-order valence-corrected chi connectivity index (χ4v) is 3.67. The van der Waals surface area contributed by atoms with Gasteiger partial charge in [0, 0.05) is 33.0 Å². The lowest BCUT2D eigenvalue weighted by Gasteiger charge is -2.31. The van der Waals surface area contributed by atoms with Crippen molar-refractivity contribution >= 4 is 17.4 Å². The van der Waals surface area contributed by atoms with Crippen LogP contribution in [-0.4, -0.2) is 60.1 Å². The van der Waals surface area contributed by atoms with E-state index in [0.29, 0.717) is 29.5 Å². The molecule has 0 spiro atoms. The fourth-order valence-electron chi connectivity index (χ4n) is 3.67. The molecule has 148 valence electrons. The lowest BCUT2D eigenvalue weighted by Crippen LogP contribution is -2.39. The smallest absolute Gasteiger partial charge is 0.255 e. The molecule has 7 heteroatoms. The molecule has 2 aromatic heterocycles. The van der Waals surface area contributed by atoms with Crippen molar-refractivity contribution in [1.82, 2.24) is 19.6 Å². The van der Waals surface area contributed by atoms with Gasteiger partial charge in [-0.2, -0.15) is 0 Å². The number of likely N-dealkylation sites (tertiary alicyclic amines) is 1. The Labute approximate surface area is 160 Å². The zero-order valence-electron chi connectivity index (χ0n) is 16.4. The predicted octanol–water partition coefficient (Wildman–Crippen LogP) is 1.96. The average molecular weight is 374 g/mol. The highest BCUT2D eigenvalue weighted by Gasteiger charge is 2.21. The second-order valence-corrected chi connectivity index (χ2v) is 7.29. The van der Waals surface area contributed by atoms with E-state index in [9.17, 15) is 4.79 Å². The summed E-state index contributed by atoms with van der Waals surface area (Å²) < 4.78 is 6.92. The number of amides is 1. The highest BCUT2D eigenvalue weighted by Crippen LogP contribution is 2.19. The van der Waals surface area contributed by atoms with Gasteiger partial charge in [0.1, 0.15) is 5.82 Å². The van der Waals surface area contributed by atoms with E-state index in [1.54, 1.807) is 23.6 Å². The van der Waals surface area contributed by atoms with Crippen LogP contribution in [0.4, 0.5) is 5.82 Å². The van der Waals surface area contributed by atoms with Crippen LogP contribution in [0.15, 0.2) is 18.3 Å². The summed E-state index contributed by atoms with van der Waals surface area (Å²) in [6.07, 6.45) is 6.03. The third-order valence-corrected chi connectivity index (χ3v) is 5.38. The third-order valence-electron chi connectivity index (χ3n) is 5.38. The van der Waals surface area contributed by atoms with Crippen LogP contribution >= 0.6 is 0 Å². The minimum absolute atomic E-state index is 0.0734. The van der Waals surface area contributed by atoms with Gasteiger partial charge in [-0.3, -0.25) is 9.20 Å². The number of anilines is 1. The topological polar surface area (TPSA) is 84.9 Å². The Morgan fingerprint density at radius 2 is 2.15 bits per heavy atom.